The summed E-state index contributed by atoms with van der Waals surface area (Å²) in [7, 11) is 0. The molecule has 1 unspecified atom stereocenters. The minimum absolute atomic E-state index is 0.0365. The molecule has 0 radical (unpaired) electrons. The summed E-state index contributed by atoms with van der Waals surface area (Å²) >= 11 is 1.76. The summed E-state index contributed by atoms with van der Waals surface area (Å²) in [5.74, 6) is 0.0476. The van der Waals surface area contributed by atoms with Crippen molar-refractivity contribution in [2.45, 2.75) is 39.7 Å². The van der Waals surface area contributed by atoms with Crippen LogP contribution < -0.4 is 11.1 Å². The molecule has 0 bridgehead atoms. The van der Waals surface area contributed by atoms with Crippen LogP contribution in [-0.2, 0) is 17.8 Å². The molecule has 0 fully saturated rings. The van der Waals surface area contributed by atoms with Crippen LogP contribution in [0.2, 0.25) is 0 Å². The average Bonchev–Trinajstić information content (AvgIpc) is 2.81. The Balaban J connectivity index is 2.41. The number of hydrogen-bond acceptors (Lipinski definition) is 3. The highest BCUT2D eigenvalue weighted by Gasteiger charge is 2.15. The van der Waals surface area contributed by atoms with Crippen molar-refractivity contribution < 1.29 is 4.79 Å². The predicted molar refractivity (Wildman–Crippen MR) is 73.0 cm³/mol. The number of rotatable bonds is 7. The van der Waals surface area contributed by atoms with Gasteiger partial charge in [0.15, 0.2) is 0 Å². The second kappa shape index (κ2) is 7.45. The molecule has 3 N–H and O–H groups in total. The van der Waals surface area contributed by atoms with E-state index >= 15 is 0 Å². The van der Waals surface area contributed by atoms with Crippen molar-refractivity contribution in [3.8, 4) is 0 Å². The zero-order chi connectivity index (χ0) is 12.7. The van der Waals surface area contributed by atoms with E-state index in [1.54, 1.807) is 11.3 Å². The van der Waals surface area contributed by atoms with Gasteiger partial charge in [0.05, 0.1) is 12.5 Å². The predicted octanol–water partition coefficient (Wildman–Crippen LogP) is 2.30. The van der Waals surface area contributed by atoms with Crippen LogP contribution in [0, 0.1) is 5.92 Å². The lowest BCUT2D eigenvalue weighted by Gasteiger charge is -2.13. The van der Waals surface area contributed by atoms with E-state index in [0.717, 1.165) is 19.3 Å². The van der Waals surface area contributed by atoms with Crippen molar-refractivity contribution >= 4 is 17.2 Å². The van der Waals surface area contributed by atoms with E-state index in [1.807, 2.05) is 0 Å². The van der Waals surface area contributed by atoms with Crippen molar-refractivity contribution in [1.82, 2.24) is 5.32 Å². The Hall–Kier alpha value is -0.870. The van der Waals surface area contributed by atoms with E-state index in [2.05, 4.69) is 31.3 Å². The van der Waals surface area contributed by atoms with E-state index < -0.39 is 0 Å². The van der Waals surface area contributed by atoms with Gasteiger partial charge in [-0.15, -0.1) is 11.3 Å². The highest BCUT2D eigenvalue weighted by molar-refractivity contribution is 7.11. The number of amides is 1. The highest BCUT2D eigenvalue weighted by Crippen LogP contribution is 2.16. The summed E-state index contributed by atoms with van der Waals surface area (Å²) in [4.78, 5) is 14.4. The first-order valence-corrected chi connectivity index (χ1v) is 7.08. The molecule has 1 atom stereocenters. The third kappa shape index (κ3) is 4.48. The van der Waals surface area contributed by atoms with Crippen molar-refractivity contribution in [2.24, 2.45) is 11.7 Å². The van der Waals surface area contributed by atoms with Crippen LogP contribution in [0.1, 0.15) is 36.4 Å². The molecule has 3 nitrogen and oxygen atoms in total. The van der Waals surface area contributed by atoms with Gasteiger partial charge in [0.2, 0.25) is 5.91 Å². The largest absolute Gasteiger partial charge is 0.351 e. The van der Waals surface area contributed by atoms with Crippen LogP contribution in [-0.4, -0.2) is 12.5 Å². The molecule has 1 aromatic heterocycles. The Morgan fingerprint density at radius 2 is 2.12 bits per heavy atom. The van der Waals surface area contributed by atoms with Crippen LogP contribution in [0.3, 0.4) is 0 Å². The normalized spacial score (nSPS) is 12.4. The zero-order valence-corrected chi connectivity index (χ0v) is 11.5. The maximum absolute atomic E-state index is 11.8. The number of aryl methyl sites for hydroxylation is 1. The molecule has 17 heavy (non-hydrogen) atoms. The van der Waals surface area contributed by atoms with Crippen LogP contribution in [0.5, 0.6) is 0 Å². The highest BCUT2D eigenvalue weighted by atomic mass is 32.1. The van der Waals surface area contributed by atoms with Crippen molar-refractivity contribution in [3.63, 3.8) is 0 Å². The standard InChI is InChI=1S/C13H22N2OS/c1-3-5-10(8-14)13(16)15-9-12-7-6-11(4-2)17-12/h6-7,10H,3-5,8-9,14H2,1-2H3,(H,15,16). The molecule has 1 aromatic rings. The van der Waals surface area contributed by atoms with E-state index in [0.29, 0.717) is 13.1 Å². The average molecular weight is 254 g/mol. The first kappa shape index (κ1) is 14.2. The fourth-order valence-corrected chi connectivity index (χ4v) is 2.63. The molecule has 0 saturated heterocycles. The lowest BCUT2D eigenvalue weighted by atomic mass is 10.0. The maximum Gasteiger partial charge on any atom is 0.224 e. The summed E-state index contributed by atoms with van der Waals surface area (Å²) in [6.45, 7) is 5.27. The van der Waals surface area contributed by atoms with Gasteiger partial charge in [-0.05, 0) is 25.0 Å². The third-order valence-corrected chi connectivity index (χ3v) is 4.02. The minimum atomic E-state index is -0.0365. The molecule has 4 heteroatoms. The SMILES string of the molecule is CCCC(CN)C(=O)NCc1ccc(CC)s1. The molecular formula is C13H22N2OS. The van der Waals surface area contributed by atoms with Crippen LogP contribution in [0.15, 0.2) is 12.1 Å². The summed E-state index contributed by atoms with van der Waals surface area (Å²) in [6.07, 6.45) is 2.92. The molecule has 0 aliphatic heterocycles. The van der Waals surface area contributed by atoms with Crippen LogP contribution in [0.25, 0.3) is 0 Å². The lowest BCUT2D eigenvalue weighted by Crippen LogP contribution is -2.34. The molecule has 0 aliphatic carbocycles. The molecule has 0 aromatic carbocycles. The van der Waals surface area contributed by atoms with Crippen LogP contribution in [0.4, 0.5) is 0 Å². The first-order valence-electron chi connectivity index (χ1n) is 6.26. The van der Waals surface area contributed by atoms with Gasteiger partial charge in [-0.2, -0.15) is 0 Å². The molecule has 0 aliphatic rings. The molecular weight excluding hydrogens is 232 g/mol. The quantitative estimate of drug-likeness (QED) is 0.784. The minimum Gasteiger partial charge on any atom is -0.351 e. The van der Waals surface area contributed by atoms with Crippen LogP contribution >= 0.6 is 11.3 Å². The maximum atomic E-state index is 11.8. The van der Waals surface area contributed by atoms with Gasteiger partial charge in [-0.1, -0.05) is 20.3 Å². The first-order chi connectivity index (χ1) is 8.21. The van der Waals surface area contributed by atoms with Gasteiger partial charge in [-0.3, -0.25) is 4.79 Å². The van der Waals surface area contributed by atoms with E-state index in [-0.39, 0.29) is 11.8 Å². The van der Waals surface area contributed by atoms with Gasteiger partial charge >= 0.3 is 0 Å². The fraction of sp³-hybridized carbons (Fsp3) is 0.615. The second-order valence-corrected chi connectivity index (χ2v) is 5.41. The topological polar surface area (TPSA) is 55.1 Å². The van der Waals surface area contributed by atoms with E-state index in [1.165, 1.54) is 9.75 Å². The Morgan fingerprint density at radius 1 is 1.41 bits per heavy atom. The van der Waals surface area contributed by atoms with Gasteiger partial charge < -0.3 is 11.1 Å². The number of carbonyl (C=O) groups excluding carboxylic acids is 1. The van der Waals surface area contributed by atoms with Crippen molar-refractivity contribution in [2.75, 3.05) is 6.54 Å². The molecule has 1 amide bonds. The number of hydrogen-bond donors (Lipinski definition) is 2. The Bertz CT molecular complexity index is 349. The van der Waals surface area contributed by atoms with E-state index in [9.17, 15) is 4.79 Å². The molecule has 1 heterocycles. The smallest absolute Gasteiger partial charge is 0.224 e. The van der Waals surface area contributed by atoms with Crippen molar-refractivity contribution in [1.29, 1.82) is 0 Å². The Morgan fingerprint density at radius 3 is 2.65 bits per heavy atom. The molecule has 0 saturated carbocycles. The van der Waals surface area contributed by atoms with Crippen molar-refractivity contribution in [3.05, 3.63) is 21.9 Å². The number of carbonyl (C=O) groups is 1. The summed E-state index contributed by atoms with van der Waals surface area (Å²) < 4.78 is 0. The molecule has 1 rings (SSSR count). The van der Waals surface area contributed by atoms with Gasteiger partial charge in [-0.25, -0.2) is 0 Å². The monoisotopic (exact) mass is 254 g/mol. The second-order valence-electron chi connectivity index (χ2n) is 4.16. The number of nitrogens with one attached hydrogen (secondary N) is 1. The Labute approximate surface area is 107 Å². The lowest BCUT2D eigenvalue weighted by molar-refractivity contribution is -0.125. The fourth-order valence-electron chi connectivity index (χ4n) is 1.73. The molecule has 96 valence electrons. The van der Waals surface area contributed by atoms with Gasteiger partial charge in [0, 0.05) is 16.3 Å². The Kier molecular flexibility index (Phi) is 6.22. The third-order valence-electron chi connectivity index (χ3n) is 2.80. The summed E-state index contributed by atoms with van der Waals surface area (Å²) in [6, 6.07) is 4.21. The summed E-state index contributed by atoms with van der Waals surface area (Å²) in [5, 5.41) is 2.96. The molecule has 0 spiro atoms. The number of nitrogens with two attached hydrogens (primary N) is 1. The zero-order valence-electron chi connectivity index (χ0n) is 10.7. The van der Waals surface area contributed by atoms with Gasteiger partial charge in [0.1, 0.15) is 0 Å². The van der Waals surface area contributed by atoms with E-state index in [4.69, 9.17) is 5.73 Å². The summed E-state index contributed by atoms with van der Waals surface area (Å²) in [5.41, 5.74) is 5.60. The number of thiophene rings is 1. The van der Waals surface area contributed by atoms with Gasteiger partial charge in [0.25, 0.3) is 0 Å².